The van der Waals surface area contributed by atoms with Gasteiger partial charge in [-0.15, -0.1) is 0 Å². The molecule has 0 aromatic carbocycles. The van der Waals surface area contributed by atoms with Crippen molar-refractivity contribution in [1.82, 2.24) is 15.1 Å². The summed E-state index contributed by atoms with van der Waals surface area (Å²) in [6.07, 6.45) is 3.68. The maximum Gasteiger partial charge on any atom is 0.134 e. The Hall–Kier alpha value is -1.07. The number of rotatable bonds is 5. The van der Waals surface area contributed by atoms with Crippen molar-refractivity contribution in [2.24, 2.45) is 7.05 Å². The Bertz CT molecular complexity index is 559. The quantitative estimate of drug-likeness (QED) is 0.917. The minimum atomic E-state index is 0.211. The smallest absolute Gasteiger partial charge is 0.134 e. The van der Waals surface area contributed by atoms with Crippen LogP contribution in [0.5, 0.6) is 0 Å². The van der Waals surface area contributed by atoms with E-state index >= 15 is 0 Å². The lowest BCUT2D eigenvalue weighted by Crippen LogP contribution is -2.17. The van der Waals surface area contributed by atoms with Gasteiger partial charge in [-0.1, -0.05) is 0 Å². The van der Waals surface area contributed by atoms with Gasteiger partial charge in [0.15, 0.2) is 0 Å². The monoisotopic (exact) mass is 325 g/mol. The van der Waals surface area contributed by atoms with Gasteiger partial charge in [-0.05, 0) is 61.3 Å². The molecule has 0 fully saturated rings. The third-order valence-corrected chi connectivity index (χ3v) is 4.31. The van der Waals surface area contributed by atoms with Crippen molar-refractivity contribution in [3.8, 4) is 0 Å². The van der Waals surface area contributed by atoms with Crippen LogP contribution >= 0.6 is 15.9 Å². The third kappa shape index (κ3) is 2.92. The van der Waals surface area contributed by atoms with Crippen molar-refractivity contribution in [1.29, 1.82) is 0 Å². The molecule has 2 aromatic heterocycles. The summed E-state index contributed by atoms with van der Waals surface area (Å²) in [6.45, 7) is 4.19. The predicted octanol–water partition coefficient (Wildman–Crippen LogP) is 3.29. The lowest BCUT2D eigenvalue weighted by Gasteiger charge is -2.14. The standard InChI is InChI=1S/C14H20BrN3O/c1-9-11(10(2)18(4)17-9)5-6-13(16-3)14-12(15)7-8-19-14/h7-8,13,16H,5-6H2,1-4H3. The van der Waals surface area contributed by atoms with Crippen molar-refractivity contribution >= 4 is 15.9 Å². The van der Waals surface area contributed by atoms with E-state index in [-0.39, 0.29) is 6.04 Å². The molecule has 0 radical (unpaired) electrons. The van der Waals surface area contributed by atoms with E-state index in [0.29, 0.717) is 0 Å². The van der Waals surface area contributed by atoms with Gasteiger partial charge in [0.05, 0.1) is 22.5 Å². The lowest BCUT2D eigenvalue weighted by molar-refractivity contribution is 0.412. The number of aromatic nitrogens is 2. The summed E-state index contributed by atoms with van der Waals surface area (Å²) in [6, 6.07) is 2.14. The number of nitrogens with one attached hydrogen (secondary N) is 1. The minimum Gasteiger partial charge on any atom is -0.466 e. The van der Waals surface area contributed by atoms with Crippen LogP contribution in [0.1, 0.15) is 35.2 Å². The molecule has 1 atom stereocenters. The van der Waals surface area contributed by atoms with Gasteiger partial charge < -0.3 is 9.73 Å². The fraction of sp³-hybridized carbons (Fsp3) is 0.500. The number of furan rings is 1. The van der Waals surface area contributed by atoms with Gasteiger partial charge in [0.25, 0.3) is 0 Å². The van der Waals surface area contributed by atoms with Crippen LogP contribution in [-0.4, -0.2) is 16.8 Å². The molecular formula is C14H20BrN3O. The average molecular weight is 326 g/mol. The number of hydrogen-bond acceptors (Lipinski definition) is 3. The normalized spacial score (nSPS) is 12.9. The molecule has 0 aliphatic rings. The third-order valence-electron chi connectivity index (χ3n) is 3.65. The average Bonchev–Trinajstić information content (AvgIpc) is 2.89. The van der Waals surface area contributed by atoms with Crippen molar-refractivity contribution in [3.05, 3.63) is 39.5 Å². The van der Waals surface area contributed by atoms with E-state index in [1.807, 2.05) is 24.8 Å². The highest BCUT2D eigenvalue weighted by Gasteiger charge is 2.18. The first-order valence-corrected chi connectivity index (χ1v) is 7.23. The summed E-state index contributed by atoms with van der Waals surface area (Å²) in [5.41, 5.74) is 3.70. The van der Waals surface area contributed by atoms with E-state index < -0.39 is 0 Å². The molecule has 4 nitrogen and oxygen atoms in total. The van der Waals surface area contributed by atoms with E-state index in [4.69, 9.17) is 4.42 Å². The van der Waals surface area contributed by atoms with E-state index in [1.165, 1.54) is 11.3 Å². The van der Waals surface area contributed by atoms with Crippen molar-refractivity contribution in [2.45, 2.75) is 32.7 Å². The first kappa shape index (κ1) is 14.3. The molecule has 1 N–H and O–H groups in total. The Kier molecular flexibility index (Phi) is 4.47. The maximum absolute atomic E-state index is 5.54. The Morgan fingerprint density at radius 2 is 2.21 bits per heavy atom. The van der Waals surface area contributed by atoms with Crippen LogP contribution in [0.25, 0.3) is 0 Å². The van der Waals surface area contributed by atoms with Gasteiger partial charge >= 0.3 is 0 Å². The van der Waals surface area contributed by atoms with Crippen LogP contribution in [0.3, 0.4) is 0 Å². The van der Waals surface area contributed by atoms with Gasteiger partial charge in [-0.3, -0.25) is 4.68 Å². The van der Waals surface area contributed by atoms with Gasteiger partial charge in [0, 0.05) is 12.7 Å². The number of halogens is 1. The SMILES string of the molecule is CNC(CCc1c(C)nn(C)c1C)c1occc1Br. The fourth-order valence-electron chi connectivity index (χ4n) is 2.43. The molecule has 0 saturated heterocycles. The molecule has 0 aliphatic heterocycles. The van der Waals surface area contributed by atoms with Crippen LogP contribution in [-0.2, 0) is 13.5 Å². The zero-order valence-corrected chi connectivity index (χ0v) is 13.4. The van der Waals surface area contributed by atoms with Crippen molar-refractivity contribution in [3.63, 3.8) is 0 Å². The molecule has 104 valence electrons. The molecule has 0 spiro atoms. The highest BCUT2D eigenvalue weighted by molar-refractivity contribution is 9.10. The Morgan fingerprint density at radius 1 is 1.47 bits per heavy atom. The molecular weight excluding hydrogens is 306 g/mol. The summed E-state index contributed by atoms with van der Waals surface area (Å²) in [7, 11) is 3.95. The van der Waals surface area contributed by atoms with E-state index in [9.17, 15) is 0 Å². The summed E-state index contributed by atoms with van der Waals surface area (Å²) < 4.78 is 8.51. The van der Waals surface area contributed by atoms with Crippen LogP contribution in [0.15, 0.2) is 21.2 Å². The van der Waals surface area contributed by atoms with E-state index in [1.54, 1.807) is 6.26 Å². The summed E-state index contributed by atoms with van der Waals surface area (Å²) in [4.78, 5) is 0. The zero-order valence-electron chi connectivity index (χ0n) is 11.8. The fourth-order valence-corrected chi connectivity index (χ4v) is 2.91. The van der Waals surface area contributed by atoms with Gasteiger partial charge in [-0.25, -0.2) is 0 Å². The molecule has 2 aromatic rings. The molecule has 0 saturated carbocycles. The Labute approximate surface area is 122 Å². The van der Waals surface area contributed by atoms with Crippen LogP contribution in [0.2, 0.25) is 0 Å². The second-order valence-corrected chi connectivity index (χ2v) is 5.64. The highest BCUT2D eigenvalue weighted by Crippen LogP contribution is 2.28. The van der Waals surface area contributed by atoms with Crippen LogP contribution in [0, 0.1) is 13.8 Å². The number of nitrogens with zero attached hydrogens (tertiary/aromatic N) is 2. The molecule has 0 aliphatic carbocycles. The molecule has 0 bridgehead atoms. The highest BCUT2D eigenvalue weighted by atomic mass is 79.9. The molecule has 1 unspecified atom stereocenters. The van der Waals surface area contributed by atoms with Gasteiger partial charge in [-0.2, -0.15) is 5.10 Å². The summed E-state index contributed by atoms with van der Waals surface area (Å²) in [5, 5.41) is 7.77. The van der Waals surface area contributed by atoms with Crippen LogP contribution < -0.4 is 5.32 Å². The molecule has 0 amide bonds. The van der Waals surface area contributed by atoms with E-state index in [0.717, 1.165) is 28.8 Å². The van der Waals surface area contributed by atoms with Gasteiger partial charge in [0.2, 0.25) is 0 Å². The second-order valence-electron chi connectivity index (χ2n) is 4.79. The second kappa shape index (κ2) is 5.92. The summed E-state index contributed by atoms with van der Waals surface area (Å²) in [5.74, 6) is 0.960. The molecule has 2 heterocycles. The predicted molar refractivity (Wildman–Crippen MR) is 79.2 cm³/mol. The molecule has 2 rings (SSSR count). The lowest BCUT2D eigenvalue weighted by atomic mass is 10.0. The first-order chi connectivity index (χ1) is 9.04. The molecule has 19 heavy (non-hydrogen) atoms. The largest absolute Gasteiger partial charge is 0.466 e. The number of hydrogen-bond donors (Lipinski definition) is 1. The van der Waals surface area contributed by atoms with Crippen molar-refractivity contribution in [2.75, 3.05) is 7.05 Å². The van der Waals surface area contributed by atoms with Crippen LogP contribution in [0.4, 0.5) is 0 Å². The van der Waals surface area contributed by atoms with E-state index in [2.05, 4.69) is 40.2 Å². The Balaban J connectivity index is 2.11. The topological polar surface area (TPSA) is 43.0 Å². The van der Waals surface area contributed by atoms with Gasteiger partial charge in [0.1, 0.15) is 5.76 Å². The minimum absolute atomic E-state index is 0.211. The zero-order chi connectivity index (χ0) is 14.0. The number of aryl methyl sites for hydroxylation is 2. The summed E-state index contributed by atoms with van der Waals surface area (Å²) >= 11 is 3.52. The Morgan fingerprint density at radius 3 is 2.68 bits per heavy atom. The maximum atomic E-state index is 5.54. The first-order valence-electron chi connectivity index (χ1n) is 6.43. The molecule has 5 heteroatoms. The van der Waals surface area contributed by atoms with Crippen molar-refractivity contribution < 1.29 is 4.42 Å².